The molecule has 0 spiro atoms. The number of rotatable bonds is 4. The van der Waals surface area contributed by atoms with Crippen molar-refractivity contribution < 1.29 is 4.79 Å². The Hall–Kier alpha value is -1.75. The maximum absolute atomic E-state index is 12.0. The van der Waals surface area contributed by atoms with Crippen LogP contribution >= 0.6 is 11.3 Å². The van der Waals surface area contributed by atoms with Crippen molar-refractivity contribution >= 4 is 17.2 Å². The van der Waals surface area contributed by atoms with Gasteiger partial charge >= 0.3 is 0 Å². The Kier molecular flexibility index (Phi) is 4.04. The van der Waals surface area contributed by atoms with Crippen LogP contribution in [0.15, 0.2) is 29.9 Å². The highest BCUT2D eigenvalue weighted by molar-refractivity contribution is 7.11. The van der Waals surface area contributed by atoms with Gasteiger partial charge in [-0.15, -0.1) is 11.3 Å². The van der Waals surface area contributed by atoms with Gasteiger partial charge in [0.05, 0.1) is 0 Å². The number of aromatic nitrogens is 2. The number of hydrogen-bond acceptors (Lipinski definition) is 4. The third kappa shape index (κ3) is 3.13. The van der Waals surface area contributed by atoms with Gasteiger partial charge in [-0.05, 0) is 31.0 Å². The summed E-state index contributed by atoms with van der Waals surface area (Å²) >= 11 is 1.40. The van der Waals surface area contributed by atoms with E-state index in [0.717, 1.165) is 12.1 Å². The van der Waals surface area contributed by atoms with Gasteiger partial charge in [-0.25, -0.2) is 4.98 Å². The van der Waals surface area contributed by atoms with Gasteiger partial charge in [-0.1, -0.05) is 0 Å². The van der Waals surface area contributed by atoms with Gasteiger partial charge < -0.3 is 4.90 Å². The molecule has 94 valence electrons. The van der Waals surface area contributed by atoms with Crippen molar-refractivity contribution in [3.05, 3.63) is 46.2 Å². The van der Waals surface area contributed by atoms with Crippen LogP contribution in [0.5, 0.6) is 0 Å². The van der Waals surface area contributed by atoms with Crippen LogP contribution in [0.25, 0.3) is 0 Å². The fourth-order valence-corrected chi connectivity index (χ4v) is 2.35. The van der Waals surface area contributed by atoms with E-state index in [1.54, 1.807) is 24.3 Å². The normalized spacial score (nSPS) is 10.3. The van der Waals surface area contributed by atoms with E-state index < -0.39 is 0 Å². The van der Waals surface area contributed by atoms with Gasteiger partial charge in [0.2, 0.25) is 0 Å². The summed E-state index contributed by atoms with van der Waals surface area (Å²) in [4.78, 5) is 21.9. The second kappa shape index (κ2) is 5.73. The highest BCUT2D eigenvalue weighted by Crippen LogP contribution is 2.11. The third-order valence-electron chi connectivity index (χ3n) is 2.63. The van der Waals surface area contributed by atoms with Crippen molar-refractivity contribution in [2.24, 2.45) is 0 Å². The molecule has 0 aliphatic carbocycles. The Balaban J connectivity index is 1.92. The van der Waals surface area contributed by atoms with Crippen LogP contribution in [0.4, 0.5) is 0 Å². The summed E-state index contributed by atoms with van der Waals surface area (Å²) in [6.45, 7) is 2.58. The lowest BCUT2D eigenvalue weighted by Crippen LogP contribution is -2.28. The zero-order valence-corrected chi connectivity index (χ0v) is 11.3. The van der Waals surface area contributed by atoms with Crippen LogP contribution in [0, 0.1) is 6.92 Å². The molecule has 5 heteroatoms. The van der Waals surface area contributed by atoms with Crippen molar-refractivity contribution in [3.8, 4) is 0 Å². The van der Waals surface area contributed by atoms with Gasteiger partial charge in [-0.3, -0.25) is 9.78 Å². The average Bonchev–Trinajstić information content (AvgIpc) is 2.83. The quantitative estimate of drug-likeness (QED) is 0.847. The van der Waals surface area contributed by atoms with Crippen molar-refractivity contribution in [1.29, 1.82) is 0 Å². The number of hydrogen-bond donors (Lipinski definition) is 0. The maximum Gasteiger partial charge on any atom is 0.282 e. The molecule has 0 aliphatic heterocycles. The molecule has 0 bridgehead atoms. The van der Waals surface area contributed by atoms with Crippen LogP contribution in [0.1, 0.15) is 21.1 Å². The Morgan fingerprint density at radius 3 is 2.72 bits per heavy atom. The monoisotopic (exact) mass is 261 g/mol. The van der Waals surface area contributed by atoms with E-state index in [2.05, 4.69) is 9.97 Å². The van der Waals surface area contributed by atoms with Gasteiger partial charge in [0.1, 0.15) is 0 Å². The summed E-state index contributed by atoms with van der Waals surface area (Å²) in [6.07, 6.45) is 4.36. The first-order valence-electron chi connectivity index (χ1n) is 5.73. The van der Waals surface area contributed by atoms with Crippen molar-refractivity contribution in [2.45, 2.75) is 13.3 Å². The molecule has 18 heavy (non-hydrogen) atoms. The lowest BCUT2D eigenvalue weighted by atomic mass is 10.2. The highest BCUT2D eigenvalue weighted by Gasteiger charge is 2.14. The van der Waals surface area contributed by atoms with Crippen LogP contribution in [0.3, 0.4) is 0 Å². The van der Waals surface area contributed by atoms with Crippen LogP contribution < -0.4 is 0 Å². The summed E-state index contributed by atoms with van der Waals surface area (Å²) in [5.74, 6) is -0.0119. The maximum atomic E-state index is 12.0. The number of aryl methyl sites for hydroxylation is 1. The fourth-order valence-electron chi connectivity index (χ4n) is 1.56. The minimum atomic E-state index is -0.0119. The predicted octanol–water partition coefficient (Wildman–Crippen LogP) is 2.16. The number of pyridine rings is 1. The number of carbonyl (C=O) groups is 1. The lowest BCUT2D eigenvalue weighted by Gasteiger charge is -2.15. The van der Waals surface area contributed by atoms with Crippen LogP contribution in [-0.4, -0.2) is 34.4 Å². The minimum Gasteiger partial charge on any atom is -0.339 e. The van der Waals surface area contributed by atoms with E-state index in [1.807, 2.05) is 24.4 Å². The molecule has 4 nitrogen and oxygen atoms in total. The Labute approximate surface area is 110 Å². The van der Waals surface area contributed by atoms with Gasteiger partial charge in [0.25, 0.3) is 5.91 Å². The average molecular weight is 261 g/mol. The molecule has 0 radical (unpaired) electrons. The molecule has 0 saturated heterocycles. The number of amides is 1. The molecule has 0 unspecified atom stereocenters. The van der Waals surface area contributed by atoms with Gasteiger partial charge in [-0.2, -0.15) is 0 Å². The second-order valence-electron chi connectivity index (χ2n) is 4.13. The summed E-state index contributed by atoms with van der Waals surface area (Å²) < 4.78 is 0. The van der Waals surface area contributed by atoms with E-state index in [4.69, 9.17) is 0 Å². The predicted molar refractivity (Wildman–Crippen MR) is 71.8 cm³/mol. The molecular formula is C13H15N3OS. The highest BCUT2D eigenvalue weighted by atomic mass is 32.1. The molecule has 0 N–H and O–H groups in total. The fraction of sp³-hybridized carbons (Fsp3) is 0.308. The molecule has 0 saturated carbocycles. The van der Waals surface area contributed by atoms with Gasteiger partial charge in [0, 0.05) is 37.1 Å². The van der Waals surface area contributed by atoms with Crippen LogP contribution in [0.2, 0.25) is 0 Å². The van der Waals surface area contributed by atoms with Gasteiger partial charge in [0.15, 0.2) is 5.01 Å². The molecule has 2 aromatic heterocycles. The van der Waals surface area contributed by atoms with Crippen molar-refractivity contribution in [1.82, 2.24) is 14.9 Å². The molecule has 1 amide bonds. The summed E-state index contributed by atoms with van der Waals surface area (Å²) in [6, 6.07) is 3.93. The lowest BCUT2D eigenvalue weighted by molar-refractivity contribution is 0.0796. The molecule has 2 aromatic rings. The molecule has 0 fully saturated rings. The molecule has 2 heterocycles. The van der Waals surface area contributed by atoms with E-state index >= 15 is 0 Å². The minimum absolute atomic E-state index is 0.0119. The van der Waals surface area contributed by atoms with E-state index in [9.17, 15) is 4.79 Å². The van der Waals surface area contributed by atoms with E-state index in [-0.39, 0.29) is 5.91 Å². The molecule has 0 aromatic carbocycles. The zero-order chi connectivity index (χ0) is 13.0. The molecular weight excluding hydrogens is 246 g/mol. The molecule has 0 aliphatic rings. The summed E-state index contributed by atoms with van der Waals surface area (Å²) in [7, 11) is 1.81. The van der Waals surface area contributed by atoms with Crippen molar-refractivity contribution in [2.75, 3.05) is 13.6 Å². The number of likely N-dealkylation sites (N-methyl/N-ethyl adjacent to an activating group) is 1. The largest absolute Gasteiger partial charge is 0.339 e. The Morgan fingerprint density at radius 1 is 1.39 bits per heavy atom. The van der Waals surface area contributed by atoms with Crippen LogP contribution in [-0.2, 0) is 6.42 Å². The first-order chi connectivity index (χ1) is 8.66. The number of carbonyl (C=O) groups excluding carboxylic acids is 1. The Morgan fingerprint density at radius 2 is 2.11 bits per heavy atom. The molecule has 0 atom stereocenters. The van der Waals surface area contributed by atoms with E-state index in [0.29, 0.717) is 11.6 Å². The number of nitrogens with zero attached hydrogens (tertiary/aromatic N) is 3. The van der Waals surface area contributed by atoms with Crippen molar-refractivity contribution in [3.63, 3.8) is 0 Å². The zero-order valence-electron chi connectivity index (χ0n) is 10.5. The third-order valence-corrected chi connectivity index (χ3v) is 3.58. The van der Waals surface area contributed by atoms with E-state index in [1.165, 1.54) is 16.9 Å². The second-order valence-corrected chi connectivity index (χ2v) is 4.98. The Bertz CT molecular complexity index is 524. The number of thiazole rings is 1. The topological polar surface area (TPSA) is 46.1 Å². The first kappa shape index (κ1) is 12.7. The SMILES string of the molecule is Cc1csc(C(=O)N(C)CCc2ccncc2)n1. The summed E-state index contributed by atoms with van der Waals surface area (Å²) in [5.41, 5.74) is 2.07. The summed E-state index contributed by atoms with van der Waals surface area (Å²) in [5, 5.41) is 2.45. The molecule has 2 rings (SSSR count). The standard InChI is InChI=1S/C13H15N3OS/c1-10-9-18-12(15-10)13(17)16(2)8-5-11-3-6-14-7-4-11/h3-4,6-7,9H,5,8H2,1-2H3. The first-order valence-corrected chi connectivity index (χ1v) is 6.61. The smallest absolute Gasteiger partial charge is 0.282 e.